The fourth-order valence-electron chi connectivity index (χ4n) is 1.28. The van der Waals surface area contributed by atoms with Gasteiger partial charge in [-0.05, 0) is 32.0 Å². The average Bonchev–Trinajstić information content (AvgIpc) is 2.25. The molecule has 0 unspecified atom stereocenters. The van der Waals surface area contributed by atoms with Crippen LogP contribution in [-0.2, 0) is 4.79 Å². The van der Waals surface area contributed by atoms with Gasteiger partial charge in [-0.3, -0.25) is 9.59 Å². The Morgan fingerprint density at radius 1 is 1.35 bits per heavy atom. The van der Waals surface area contributed by atoms with Gasteiger partial charge in [0, 0.05) is 16.5 Å². The maximum atomic E-state index is 11.7. The fraction of sp³-hybridized carbons (Fsp3) is 0.333. The van der Waals surface area contributed by atoms with E-state index in [1.165, 1.54) is 0 Å². The van der Waals surface area contributed by atoms with Crippen LogP contribution >= 0.6 is 12.6 Å². The summed E-state index contributed by atoms with van der Waals surface area (Å²) < 4.78 is 0. The highest BCUT2D eigenvalue weighted by Gasteiger charge is 2.08. The van der Waals surface area contributed by atoms with Crippen LogP contribution in [0.5, 0.6) is 0 Å². The molecule has 0 fully saturated rings. The minimum atomic E-state index is -0.278. The van der Waals surface area contributed by atoms with Crippen molar-refractivity contribution in [2.45, 2.75) is 24.8 Å². The van der Waals surface area contributed by atoms with Crippen molar-refractivity contribution in [2.24, 2.45) is 0 Å². The van der Waals surface area contributed by atoms with Gasteiger partial charge in [-0.15, -0.1) is 12.6 Å². The van der Waals surface area contributed by atoms with E-state index in [2.05, 4.69) is 23.3 Å². The molecule has 0 atom stereocenters. The van der Waals surface area contributed by atoms with E-state index in [-0.39, 0.29) is 24.4 Å². The standard InChI is InChI=1S/C12H16N2O2S/c1-8(2)14-11(15)7-13-12(16)9-4-3-5-10(17)6-9/h3-6,8,17H,7H2,1-2H3,(H,13,16)(H,14,15). The minimum absolute atomic E-state index is 0.0200. The molecule has 5 heteroatoms. The molecule has 4 nitrogen and oxygen atoms in total. The number of amides is 2. The van der Waals surface area contributed by atoms with Gasteiger partial charge in [-0.1, -0.05) is 6.07 Å². The van der Waals surface area contributed by atoms with Gasteiger partial charge in [-0.2, -0.15) is 0 Å². The molecule has 2 amide bonds. The smallest absolute Gasteiger partial charge is 0.251 e. The zero-order chi connectivity index (χ0) is 12.8. The number of hydrogen-bond donors (Lipinski definition) is 3. The number of carbonyl (C=O) groups excluding carboxylic acids is 2. The van der Waals surface area contributed by atoms with Crippen LogP contribution in [0.2, 0.25) is 0 Å². The molecular formula is C12H16N2O2S. The largest absolute Gasteiger partial charge is 0.352 e. The van der Waals surface area contributed by atoms with E-state index in [1.54, 1.807) is 24.3 Å². The highest BCUT2D eigenvalue weighted by Crippen LogP contribution is 2.08. The predicted molar refractivity (Wildman–Crippen MR) is 69.3 cm³/mol. The van der Waals surface area contributed by atoms with Crippen LogP contribution in [0, 0.1) is 0 Å². The maximum absolute atomic E-state index is 11.7. The summed E-state index contributed by atoms with van der Waals surface area (Å²) in [5.74, 6) is -0.477. The van der Waals surface area contributed by atoms with Crippen LogP contribution in [0.3, 0.4) is 0 Å². The predicted octanol–water partition coefficient (Wildman–Crippen LogP) is 1.23. The van der Waals surface area contributed by atoms with Crippen LogP contribution in [0.4, 0.5) is 0 Å². The Kier molecular flexibility index (Phi) is 5.03. The normalized spacial score (nSPS) is 10.1. The van der Waals surface area contributed by atoms with Crippen molar-refractivity contribution in [3.8, 4) is 0 Å². The molecule has 0 aliphatic heterocycles. The van der Waals surface area contributed by atoms with Crippen LogP contribution in [0.1, 0.15) is 24.2 Å². The van der Waals surface area contributed by atoms with E-state index >= 15 is 0 Å². The summed E-state index contributed by atoms with van der Waals surface area (Å²) in [6.45, 7) is 3.71. The second kappa shape index (κ2) is 6.30. The minimum Gasteiger partial charge on any atom is -0.352 e. The Hall–Kier alpha value is -1.49. The van der Waals surface area contributed by atoms with E-state index in [0.717, 1.165) is 0 Å². The Balaban J connectivity index is 2.48. The third kappa shape index (κ3) is 4.91. The van der Waals surface area contributed by atoms with Gasteiger partial charge in [-0.25, -0.2) is 0 Å². The Labute approximate surface area is 106 Å². The van der Waals surface area contributed by atoms with Crippen molar-refractivity contribution >= 4 is 24.4 Å². The van der Waals surface area contributed by atoms with Crippen molar-refractivity contribution in [3.05, 3.63) is 29.8 Å². The van der Waals surface area contributed by atoms with Gasteiger partial charge >= 0.3 is 0 Å². The molecule has 92 valence electrons. The molecule has 1 rings (SSSR count). The van der Waals surface area contributed by atoms with Crippen molar-refractivity contribution < 1.29 is 9.59 Å². The third-order valence-electron chi connectivity index (χ3n) is 1.97. The molecule has 2 N–H and O–H groups in total. The average molecular weight is 252 g/mol. The van der Waals surface area contributed by atoms with Crippen molar-refractivity contribution in [1.82, 2.24) is 10.6 Å². The first-order valence-electron chi connectivity index (χ1n) is 5.35. The molecule has 0 aliphatic rings. The number of nitrogens with one attached hydrogen (secondary N) is 2. The van der Waals surface area contributed by atoms with Gasteiger partial charge < -0.3 is 10.6 Å². The Morgan fingerprint density at radius 2 is 2.06 bits per heavy atom. The third-order valence-corrected chi connectivity index (χ3v) is 2.25. The summed E-state index contributed by atoms with van der Waals surface area (Å²) in [5, 5.41) is 5.24. The number of hydrogen-bond acceptors (Lipinski definition) is 3. The highest BCUT2D eigenvalue weighted by atomic mass is 32.1. The van der Waals surface area contributed by atoms with E-state index in [0.29, 0.717) is 10.5 Å². The first kappa shape index (κ1) is 13.6. The van der Waals surface area contributed by atoms with E-state index < -0.39 is 0 Å². The lowest BCUT2D eigenvalue weighted by Crippen LogP contribution is -2.39. The van der Waals surface area contributed by atoms with Gasteiger partial charge in [0.1, 0.15) is 0 Å². The molecule has 0 spiro atoms. The fourth-order valence-corrected chi connectivity index (χ4v) is 1.51. The number of rotatable bonds is 4. The summed E-state index contributed by atoms with van der Waals surface area (Å²) in [5.41, 5.74) is 0.495. The van der Waals surface area contributed by atoms with Crippen LogP contribution < -0.4 is 10.6 Å². The molecule has 0 aromatic heterocycles. The Morgan fingerprint density at radius 3 is 2.65 bits per heavy atom. The molecular weight excluding hydrogens is 236 g/mol. The summed E-state index contributed by atoms with van der Waals surface area (Å²) in [7, 11) is 0. The second-order valence-electron chi connectivity index (χ2n) is 3.96. The van der Waals surface area contributed by atoms with Crippen molar-refractivity contribution in [2.75, 3.05) is 6.54 Å². The van der Waals surface area contributed by atoms with Crippen molar-refractivity contribution in [1.29, 1.82) is 0 Å². The zero-order valence-corrected chi connectivity index (χ0v) is 10.8. The zero-order valence-electron chi connectivity index (χ0n) is 9.86. The summed E-state index contributed by atoms with van der Waals surface area (Å²) in [6, 6.07) is 6.92. The molecule has 17 heavy (non-hydrogen) atoms. The second-order valence-corrected chi connectivity index (χ2v) is 4.47. The molecule has 1 aromatic rings. The molecule has 0 bridgehead atoms. The van der Waals surface area contributed by atoms with Crippen LogP contribution in [-0.4, -0.2) is 24.4 Å². The SMILES string of the molecule is CC(C)NC(=O)CNC(=O)c1cccc(S)c1. The summed E-state index contributed by atoms with van der Waals surface area (Å²) >= 11 is 4.14. The van der Waals surface area contributed by atoms with Gasteiger partial charge in [0.2, 0.25) is 5.91 Å². The lowest BCUT2D eigenvalue weighted by Gasteiger charge is -2.09. The molecule has 0 heterocycles. The molecule has 0 radical (unpaired) electrons. The monoisotopic (exact) mass is 252 g/mol. The highest BCUT2D eigenvalue weighted by molar-refractivity contribution is 7.80. The van der Waals surface area contributed by atoms with Gasteiger partial charge in [0.05, 0.1) is 6.54 Å². The lowest BCUT2D eigenvalue weighted by atomic mass is 10.2. The van der Waals surface area contributed by atoms with E-state index in [9.17, 15) is 9.59 Å². The first-order chi connectivity index (χ1) is 7.99. The lowest BCUT2D eigenvalue weighted by molar-refractivity contribution is -0.120. The van der Waals surface area contributed by atoms with Gasteiger partial charge in [0.15, 0.2) is 0 Å². The molecule has 1 aromatic carbocycles. The summed E-state index contributed by atoms with van der Waals surface area (Å²) in [4.78, 5) is 23.7. The van der Waals surface area contributed by atoms with E-state index in [1.807, 2.05) is 13.8 Å². The molecule has 0 aliphatic carbocycles. The number of benzene rings is 1. The number of thiol groups is 1. The van der Waals surface area contributed by atoms with Crippen LogP contribution in [0.25, 0.3) is 0 Å². The first-order valence-corrected chi connectivity index (χ1v) is 5.80. The van der Waals surface area contributed by atoms with E-state index in [4.69, 9.17) is 0 Å². The number of carbonyl (C=O) groups is 2. The molecule has 0 saturated carbocycles. The summed E-state index contributed by atoms with van der Waals surface area (Å²) in [6.07, 6.45) is 0. The van der Waals surface area contributed by atoms with Crippen LogP contribution in [0.15, 0.2) is 29.2 Å². The maximum Gasteiger partial charge on any atom is 0.251 e. The Bertz CT molecular complexity index is 419. The van der Waals surface area contributed by atoms with Crippen molar-refractivity contribution in [3.63, 3.8) is 0 Å². The topological polar surface area (TPSA) is 58.2 Å². The molecule has 0 saturated heterocycles. The van der Waals surface area contributed by atoms with Gasteiger partial charge in [0.25, 0.3) is 5.91 Å². The quantitative estimate of drug-likeness (QED) is 0.706.